The van der Waals surface area contributed by atoms with Crippen molar-refractivity contribution in [1.29, 1.82) is 0 Å². The Morgan fingerprint density at radius 2 is 1.90 bits per heavy atom. The second-order valence-corrected chi connectivity index (χ2v) is 3.72. The molecule has 0 aromatic rings. The molecule has 0 bridgehead atoms. The van der Waals surface area contributed by atoms with Crippen LogP contribution in [-0.2, 0) is 0 Å². The number of nitrogens with two attached hydrogens (primary N) is 2. The normalized spacial score (nSPS) is 15.3. The van der Waals surface area contributed by atoms with Gasteiger partial charge in [0.1, 0.15) is 0 Å². The van der Waals surface area contributed by atoms with Gasteiger partial charge in [-0.3, -0.25) is 0 Å². The van der Waals surface area contributed by atoms with Crippen LogP contribution in [0.5, 0.6) is 0 Å². The summed E-state index contributed by atoms with van der Waals surface area (Å²) in [5.74, 6) is 0. The molecule has 2 heteroatoms. The largest absolute Gasteiger partial charge is 0.329 e. The lowest BCUT2D eigenvalue weighted by Gasteiger charge is -2.25. The minimum Gasteiger partial charge on any atom is -0.329 e. The Balaban J connectivity index is 3.64. The second-order valence-electron chi connectivity index (χ2n) is 3.72. The van der Waals surface area contributed by atoms with E-state index in [9.17, 15) is 0 Å². The van der Waals surface area contributed by atoms with E-state index in [0.29, 0.717) is 12.0 Å². The van der Waals surface area contributed by atoms with E-state index < -0.39 is 0 Å². The fourth-order valence-electron chi connectivity index (χ4n) is 0.937. The highest BCUT2D eigenvalue weighted by molar-refractivity contribution is 4.74. The lowest BCUT2D eigenvalue weighted by molar-refractivity contribution is 0.295. The van der Waals surface area contributed by atoms with Crippen LogP contribution in [0.3, 0.4) is 0 Å². The quantitative estimate of drug-likeness (QED) is 0.620. The summed E-state index contributed by atoms with van der Waals surface area (Å²) < 4.78 is 0. The van der Waals surface area contributed by atoms with Crippen LogP contribution >= 0.6 is 0 Å². The highest BCUT2D eigenvalue weighted by Crippen LogP contribution is 2.24. The zero-order chi connectivity index (χ0) is 8.20. The first-order valence-electron chi connectivity index (χ1n) is 3.97. The van der Waals surface area contributed by atoms with Crippen LogP contribution in [0.15, 0.2) is 0 Å². The Kier molecular flexibility index (Phi) is 3.91. The summed E-state index contributed by atoms with van der Waals surface area (Å²) in [5.41, 5.74) is 11.5. The minimum absolute atomic E-state index is 0.176. The maximum atomic E-state index is 5.71. The molecule has 0 radical (unpaired) electrons. The summed E-state index contributed by atoms with van der Waals surface area (Å²) in [7, 11) is 0. The van der Waals surface area contributed by atoms with Crippen LogP contribution < -0.4 is 11.5 Å². The van der Waals surface area contributed by atoms with Crippen molar-refractivity contribution in [1.82, 2.24) is 0 Å². The van der Waals surface area contributed by atoms with Crippen molar-refractivity contribution < 1.29 is 0 Å². The topological polar surface area (TPSA) is 52.0 Å². The van der Waals surface area contributed by atoms with Gasteiger partial charge in [0.2, 0.25) is 0 Å². The molecule has 10 heavy (non-hydrogen) atoms. The monoisotopic (exact) mass is 144 g/mol. The maximum absolute atomic E-state index is 5.71. The second kappa shape index (κ2) is 3.94. The number of hydrogen-bond donors (Lipinski definition) is 2. The Morgan fingerprint density at radius 3 is 2.20 bits per heavy atom. The van der Waals surface area contributed by atoms with E-state index in [4.69, 9.17) is 11.5 Å². The highest BCUT2D eigenvalue weighted by atomic mass is 14.7. The van der Waals surface area contributed by atoms with Gasteiger partial charge in [-0.15, -0.1) is 0 Å². The molecule has 0 aliphatic carbocycles. The first kappa shape index (κ1) is 9.92. The molecule has 0 aromatic heterocycles. The molecule has 0 amide bonds. The maximum Gasteiger partial charge on any atom is 0.0168 e. The van der Waals surface area contributed by atoms with Gasteiger partial charge in [0.15, 0.2) is 0 Å². The molecule has 0 aromatic carbocycles. The molecule has 0 aliphatic heterocycles. The molecule has 0 saturated carbocycles. The Hall–Kier alpha value is -0.0800. The van der Waals surface area contributed by atoms with Crippen LogP contribution in [0.4, 0.5) is 0 Å². The lowest BCUT2D eigenvalue weighted by Crippen LogP contribution is -2.34. The van der Waals surface area contributed by atoms with Crippen molar-refractivity contribution >= 4 is 0 Å². The third kappa shape index (κ3) is 3.85. The molecular formula is C8H20N2. The van der Waals surface area contributed by atoms with Gasteiger partial charge >= 0.3 is 0 Å². The first-order valence-corrected chi connectivity index (χ1v) is 3.97. The third-order valence-electron chi connectivity index (χ3n) is 2.07. The molecule has 2 nitrogen and oxygen atoms in total. The van der Waals surface area contributed by atoms with Gasteiger partial charge in [-0.2, -0.15) is 0 Å². The molecule has 4 N–H and O–H groups in total. The smallest absolute Gasteiger partial charge is 0.0168 e. The van der Waals surface area contributed by atoms with E-state index in [1.54, 1.807) is 0 Å². The summed E-state index contributed by atoms with van der Waals surface area (Å²) in [6.07, 6.45) is 2.20. The number of hydrogen-bond acceptors (Lipinski definition) is 2. The third-order valence-corrected chi connectivity index (χ3v) is 2.07. The Morgan fingerprint density at radius 1 is 1.40 bits per heavy atom. The predicted octanol–water partition coefficient (Wildman–Crippen LogP) is 1.10. The lowest BCUT2D eigenvalue weighted by atomic mass is 9.83. The molecule has 0 spiro atoms. The minimum atomic E-state index is 0.176. The van der Waals surface area contributed by atoms with Gasteiger partial charge in [0.25, 0.3) is 0 Å². The summed E-state index contributed by atoms with van der Waals surface area (Å²) in [4.78, 5) is 0. The van der Waals surface area contributed by atoms with E-state index in [2.05, 4.69) is 20.8 Å². The van der Waals surface area contributed by atoms with Crippen LogP contribution in [0.1, 0.15) is 33.6 Å². The first-order chi connectivity index (χ1) is 4.52. The predicted molar refractivity (Wildman–Crippen MR) is 45.7 cm³/mol. The molecule has 1 unspecified atom stereocenters. The van der Waals surface area contributed by atoms with E-state index >= 15 is 0 Å². The Labute approximate surface area is 64.0 Å². The van der Waals surface area contributed by atoms with Crippen molar-refractivity contribution in [3.63, 3.8) is 0 Å². The van der Waals surface area contributed by atoms with Gasteiger partial charge in [-0.25, -0.2) is 0 Å². The average molecular weight is 144 g/mol. The molecule has 0 heterocycles. The Bertz CT molecular complexity index is 89.3. The van der Waals surface area contributed by atoms with Crippen molar-refractivity contribution in [3.8, 4) is 0 Å². The molecule has 1 atom stereocenters. The SMILES string of the molecule is CCC(C)(C)CC(N)CN. The molecule has 0 fully saturated rings. The van der Waals surface area contributed by atoms with Gasteiger partial charge in [0.05, 0.1) is 0 Å². The fraction of sp³-hybridized carbons (Fsp3) is 1.00. The highest BCUT2D eigenvalue weighted by Gasteiger charge is 2.17. The molecule has 0 saturated heterocycles. The summed E-state index contributed by atoms with van der Waals surface area (Å²) in [5, 5.41) is 0. The zero-order valence-corrected chi connectivity index (χ0v) is 7.35. The van der Waals surface area contributed by atoms with Crippen LogP contribution in [0.2, 0.25) is 0 Å². The van der Waals surface area contributed by atoms with E-state index in [1.807, 2.05) is 0 Å². The van der Waals surface area contributed by atoms with Crippen LogP contribution in [0.25, 0.3) is 0 Å². The standard InChI is InChI=1S/C8H20N2/c1-4-8(2,3)5-7(10)6-9/h7H,4-6,9-10H2,1-3H3. The van der Waals surface area contributed by atoms with Crippen molar-refractivity contribution in [3.05, 3.63) is 0 Å². The van der Waals surface area contributed by atoms with Crippen LogP contribution in [-0.4, -0.2) is 12.6 Å². The van der Waals surface area contributed by atoms with Crippen molar-refractivity contribution in [2.45, 2.75) is 39.7 Å². The molecule has 62 valence electrons. The molecular weight excluding hydrogens is 124 g/mol. The summed E-state index contributed by atoms with van der Waals surface area (Å²) in [6, 6.07) is 0.176. The van der Waals surface area contributed by atoms with Crippen LogP contribution in [0, 0.1) is 5.41 Å². The summed E-state index contributed by atoms with van der Waals surface area (Å²) >= 11 is 0. The van der Waals surface area contributed by atoms with Gasteiger partial charge in [-0.1, -0.05) is 27.2 Å². The average Bonchev–Trinajstić information content (AvgIpc) is 1.87. The van der Waals surface area contributed by atoms with E-state index in [1.165, 1.54) is 6.42 Å². The number of rotatable bonds is 4. The van der Waals surface area contributed by atoms with Crippen molar-refractivity contribution in [2.24, 2.45) is 16.9 Å². The molecule has 0 aliphatic rings. The molecule has 0 rings (SSSR count). The summed E-state index contributed by atoms with van der Waals surface area (Å²) in [6.45, 7) is 7.23. The van der Waals surface area contributed by atoms with Gasteiger partial charge < -0.3 is 11.5 Å². The van der Waals surface area contributed by atoms with Crippen molar-refractivity contribution in [2.75, 3.05) is 6.54 Å². The van der Waals surface area contributed by atoms with Gasteiger partial charge in [-0.05, 0) is 11.8 Å². The fourth-order valence-corrected chi connectivity index (χ4v) is 0.937. The van der Waals surface area contributed by atoms with Gasteiger partial charge in [0, 0.05) is 12.6 Å². The van der Waals surface area contributed by atoms with E-state index in [0.717, 1.165) is 6.42 Å². The van der Waals surface area contributed by atoms with E-state index in [-0.39, 0.29) is 6.04 Å². The zero-order valence-electron chi connectivity index (χ0n) is 7.35.